The maximum atomic E-state index is 13.9. The van der Waals surface area contributed by atoms with Crippen molar-refractivity contribution in [1.82, 2.24) is 15.4 Å². The fourth-order valence-corrected chi connectivity index (χ4v) is 5.64. The van der Waals surface area contributed by atoms with Crippen LogP contribution in [0.15, 0.2) is 97.2 Å². The van der Waals surface area contributed by atoms with Gasteiger partial charge in [0.25, 0.3) is 5.91 Å². The summed E-state index contributed by atoms with van der Waals surface area (Å²) in [5.41, 5.74) is 3.05. The molecular weight excluding hydrogens is 544 g/mol. The number of ether oxygens (including phenoxy) is 1. The predicted molar refractivity (Wildman–Crippen MR) is 157 cm³/mol. The molecule has 11 heteroatoms. The smallest absolute Gasteiger partial charge is 0.276 e. The predicted octanol–water partition coefficient (Wildman–Crippen LogP) is 4.32. The summed E-state index contributed by atoms with van der Waals surface area (Å²) in [6.45, 7) is 9.64. The number of benzene rings is 2. The van der Waals surface area contributed by atoms with Gasteiger partial charge in [0.15, 0.2) is 5.37 Å². The Balaban J connectivity index is 2.08. The van der Waals surface area contributed by atoms with Crippen LogP contribution in [-0.4, -0.2) is 55.5 Å². The van der Waals surface area contributed by atoms with Gasteiger partial charge in [-0.05, 0) is 66.6 Å². The molecule has 3 rings (SSSR count). The molecule has 1 heterocycles. The highest BCUT2D eigenvalue weighted by molar-refractivity contribution is 7.91. The molecule has 10 nitrogen and oxygen atoms in total. The van der Waals surface area contributed by atoms with Gasteiger partial charge < -0.3 is 15.0 Å². The molecule has 0 fully saturated rings. The van der Waals surface area contributed by atoms with Crippen molar-refractivity contribution in [2.24, 2.45) is 0 Å². The van der Waals surface area contributed by atoms with Gasteiger partial charge in [0, 0.05) is 37.1 Å². The fraction of sp³-hybridized carbons (Fsp3) is 0.167. The highest BCUT2D eigenvalue weighted by atomic mass is 32.2. The Morgan fingerprint density at radius 1 is 1.12 bits per heavy atom. The van der Waals surface area contributed by atoms with Crippen LogP contribution in [0.1, 0.15) is 32.4 Å². The summed E-state index contributed by atoms with van der Waals surface area (Å²) in [7, 11) is -2.60. The quantitative estimate of drug-likeness (QED) is 0.118. The lowest BCUT2D eigenvalue weighted by atomic mass is 10.0. The second kappa shape index (κ2) is 14.1. The van der Waals surface area contributed by atoms with Crippen LogP contribution >= 0.6 is 0 Å². The molecule has 0 saturated heterocycles. The molecule has 0 bridgehead atoms. The summed E-state index contributed by atoms with van der Waals surface area (Å²) in [4.78, 5) is 31.0. The molecular formula is C30H32N4O6S. The number of carbonyl (C=O) groups is 2. The first-order valence-electron chi connectivity index (χ1n) is 12.5. The SMILES string of the molecule is C=CCN(CC=C)C(=O)/C=C/c1cc(C)c(NC(c2cccnc2)S(=O)(=O)c2ccc(OC)cc2)c(C(=O)NO)c1. The topological polar surface area (TPSA) is 138 Å². The molecule has 2 amide bonds. The summed E-state index contributed by atoms with van der Waals surface area (Å²) in [6.07, 6.45) is 9.01. The van der Waals surface area contributed by atoms with E-state index in [-0.39, 0.29) is 22.1 Å². The molecule has 0 radical (unpaired) electrons. The number of sulfone groups is 1. The minimum atomic E-state index is -4.08. The number of nitrogens with zero attached hydrogens (tertiary/aromatic N) is 2. The van der Waals surface area contributed by atoms with Crippen LogP contribution in [0.2, 0.25) is 0 Å². The zero-order valence-electron chi connectivity index (χ0n) is 22.8. The van der Waals surface area contributed by atoms with E-state index in [1.54, 1.807) is 42.8 Å². The van der Waals surface area contributed by atoms with Crippen LogP contribution < -0.4 is 15.5 Å². The number of rotatable bonds is 13. The number of aromatic nitrogens is 1. The first-order chi connectivity index (χ1) is 19.7. The number of hydroxylamine groups is 1. The first-order valence-corrected chi connectivity index (χ1v) is 14.0. The van der Waals surface area contributed by atoms with Crippen LogP contribution in [0.3, 0.4) is 0 Å². The molecule has 2 aromatic carbocycles. The highest BCUT2D eigenvalue weighted by Crippen LogP contribution is 2.34. The molecule has 0 aliphatic heterocycles. The van der Waals surface area contributed by atoms with Gasteiger partial charge >= 0.3 is 0 Å². The number of pyridine rings is 1. The fourth-order valence-electron chi connectivity index (χ4n) is 4.08. The largest absolute Gasteiger partial charge is 0.497 e. The monoisotopic (exact) mass is 576 g/mol. The highest BCUT2D eigenvalue weighted by Gasteiger charge is 2.31. The Kier molecular flexibility index (Phi) is 10.6. The van der Waals surface area contributed by atoms with E-state index in [9.17, 15) is 23.2 Å². The van der Waals surface area contributed by atoms with Gasteiger partial charge in [-0.15, -0.1) is 13.2 Å². The van der Waals surface area contributed by atoms with Crippen LogP contribution in [0.4, 0.5) is 5.69 Å². The van der Waals surface area contributed by atoms with Crippen molar-refractivity contribution in [3.05, 3.63) is 115 Å². The zero-order chi connectivity index (χ0) is 30.0. The van der Waals surface area contributed by atoms with E-state index in [4.69, 9.17) is 4.74 Å². The van der Waals surface area contributed by atoms with Crippen molar-refractivity contribution in [3.8, 4) is 5.75 Å². The number of methoxy groups -OCH3 is 1. The molecule has 3 N–H and O–H groups in total. The van der Waals surface area contributed by atoms with Gasteiger partial charge in [-0.1, -0.05) is 18.2 Å². The molecule has 1 aromatic heterocycles. The lowest BCUT2D eigenvalue weighted by molar-refractivity contribution is -0.125. The molecule has 3 aromatic rings. The third-order valence-electron chi connectivity index (χ3n) is 6.09. The normalized spacial score (nSPS) is 11.9. The Morgan fingerprint density at radius 3 is 2.37 bits per heavy atom. The standard InChI is InChI=1S/C30H32N4O6S/c1-5-16-34(17-6-2)27(35)14-9-22-18-21(3)28(26(19-22)29(36)33-37)32-30(23-8-7-15-31-20-23)41(38,39)25-12-10-24(40-4)11-13-25/h5-15,18-20,30,32,37H,1-2,16-17H2,3-4H3,(H,33,36)/b14-9+. The number of aryl methyl sites for hydroxylation is 1. The molecule has 0 spiro atoms. The van der Waals surface area contributed by atoms with Crippen molar-refractivity contribution >= 4 is 33.4 Å². The molecule has 214 valence electrons. The van der Waals surface area contributed by atoms with Crippen molar-refractivity contribution in [1.29, 1.82) is 0 Å². The Bertz CT molecular complexity index is 1530. The number of hydrogen-bond donors (Lipinski definition) is 3. The number of nitrogens with one attached hydrogen (secondary N) is 2. The average Bonchev–Trinajstić information content (AvgIpc) is 2.98. The maximum absolute atomic E-state index is 13.9. The molecule has 1 unspecified atom stereocenters. The van der Waals surface area contributed by atoms with Gasteiger partial charge in [0.05, 0.1) is 23.3 Å². The minimum absolute atomic E-state index is 0.0205. The molecule has 0 saturated carbocycles. The number of hydrogen-bond acceptors (Lipinski definition) is 8. The van der Waals surface area contributed by atoms with Gasteiger partial charge in [-0.2, -0.15) is 0 Å². The molecule has 0 aliphatic rings. The van der Waals surface area contributed by atoms with Gasteiger partial charge in [-0.25, -0.2) is 13.9 Å². The van der Waals surface area contributed by atoms with E-state index in [0.29, 0.717) is 35.5 Å². The van der Waals surface area contributed by atoms with E-state index in [0.717, 1.165) is 0 Å². The van der Waals surface area contributed by atoms with Crippen LogP contribution in [-0.2, 0) is 14.6 Å². The first kappa shape index (κ1) is 30.8. The van der Waals surface area contributed by atoms with E-state index < -0.39 is 21.1 Å². The molecule has 1 atom stereocenters. The molecule has 41 heavy (non-hydrogen) atoms. The second-order valence-corrected chi connectivity index (χ2v) is 10.9. The van der Waals surface area contributed by atoms with Crippen molar-refractivity contribution in [3.63, 3.8) is 0 Å². The summed E-state index contributed by atoms with van der Waals surface area (Å²) < 4.78 is 32.9. The Hall–Kier alpha value is -4.74. The third-order valence-corrected chi connectivity index (χ3v) is 8.03. The van der Waals surface area contributed by atoms with Gasteiger partial charge in [0.1, 0.15) is 5.75 Å². The van der Waals surface area contributed by atoms with Gasteiger partial charge in [-0.3, -0.25) is 19.8 Å². The summed E-state index contributed by atoms with van der Waals surface area (Å²) in [5.74, 6) is -0.671. The third kappa shape index (κ3) is 7.47. The van der Waals surface area contributed by atoms with Crippen LogP contribution in [0.25, 0.3) is 6.08 Å². The lowest BCUT2D eigenvalue weighted by Crippen LogP contribution is -2.29. The Morgan fingerprint density at radius 2 is 1.80 bits per heavy atom. The second-order valence-electron chi connectivity index (χ2n) is 8.89. The minimum Gasteiger partial charge on any atom is -0.497 e. The number of anilines is 1. The number of carbonyl (C=O) groups excluding carboxylic acids is 2. The van der Waals surface area contributed by atoms with Crippen molar-refractivity contribution in [2.75, 3.05) is 25.5 Å². The van der Waals surface area contributed by atoms with E-state index in [2.05, 4.69) is 23.5 Å². The lowest BCUT2D eigenvalue weighted by Gasteiger charge is -2.24. The summed E-state index contributed by atoms with van der Waals surface area (Å²) in [5, 5.41) is 11.1. The van der Waals surface area contributed by atoms with Gasteiger partial charge in [0.2, 0.25) is 15.7 Å². The van der Waals surface area contributed by atoms with E-state index >= 15 is 0 Å². The zero-order valence-corrected chi connectivity index (χ0v) is 23.6. The van der Waals surface area contributed by atoms with Crippen LogP contribution in [0.5, 0.6) is 5.75 Å². The van der Waals surface area contributed by atoms with Crippen LogP contribution in [0, 0.1) is 6.92 Å². The summed E-state index contributed by atoms with van der Waals surface area (Å²) in [6, 6.07) is 12.3. The van der Waals surface area contributed by atoms with Crippen molar-refractivity contribution < 1.29 is 28.0 Å². The summed E-state index contributed by atoms with van der Waals surface area (Å²) >= 11 is 0. The maximum Gasteiger partial charge on any atom is 0.276 e. The van der Waals surface area contributed by atoms with E-state index in [1.807, 2.05) is 0 Å². The Labute approximate surface area is 239 Å². The van der Waals surface area contributed by atoms with E-state index in [1.165, 1.54) is 66.9 Å². The van der Waals surface area contributed by atoms with Crippen molar-refractivity contribution in [2.45, 2.75) is 17.2 Å². The molecule has 0 aliphatic carbocycles. The average molecular weight is 577 g/mol. The number of amides is 2.